The molecule has 5 heteroatoms. The maximum Gasteiger partial charge on any atom is 0.186 e. The minimum atomic E-state index is 1.04. The highest BCUT2D eigenvalue weighted by Gasteiger charge is 2.12. The second kappa shape index (κ2) is 5.86. The molecule has 1 aromatic heterocycles. The summed E-state index contributed by atoms with van der Waals surface area (Å²) in [5.41, 5.74) is 1.11. The third-order valence-corrected chi connectivity index (χ3v) is 4.72. The first-order valence-electron chi connectivity index (χ1n) is 6.83. The molecule has 0 radical (unpaired) electrons. The number of anilines is 1. The fourth-order valence-corrected chi connectivity index (χ4v) is 3.30. The van der Waals surface area contributed by atoms with Crippen LogP contribution >= 0.6 is 11.3 Å². The second-order valence-corrected chi connectivity index (χ2v) is 5.99. The zero-order chi connectivity index (χ0) is 13.1. The molecule has 0 bridgehead atoms. The van der Waals surface area contributed by atoms with Gasteiger partial charge in [0.15, 0.2) is 5.13 Å². The Balaban J connectivity index is 1.61. The molecule has 1 N–H and O–H groups in total. The van der Waals surface area contributed by atoms with E-state index in [9.17, 15) is 0 Å². The van der Waals surface area contributed by atoms with Crippen LogP contribution in [0.4, 0.5) is 5.13 Å². The monoisotopic (exact) mass is 276 g/mol. The summed E-state index contributed by atoms with van der Waals surface area (Å²) in [5.74, 6) is 0. The first-order valence-corrected chi connectivity index (χ1v) is 7.64. The third kappa shape index (κ3) is 3.05. The van der Waals surface area contributed by atoms with Crippen molar-refractivity contribution >= 4 is 26.7 Å². The molecular formula is C14H20N4S. The summed E-state index contributed by atoms with van der Waals surface area (Å²) in [6.07, 6.45) is 0. The molecule has 2 heterocycles. The Morgan fingerprint density at radius 2 is 2.11 bits per heavy atom. The molecule has 102 valence electrons. The van der Waals surface area contributed by atoms with Crippen molar-refractivity contribution in [2.75, 3.05) is 51.2 Å². The van der Waals surface area contributed by atoms with Crippen molar-refractivity contribution in [1.82, 2.24) is 15.2 Å². The standard InChI is InChI=1S/C14H20N4S/c1-17(10-11-18-8-6-15-7-9-18)14-16-12-4-2-3-5-13(12)19-14/h2-5,15H,6-11H2,1H3. The molecule has 0 atom stereocenters. The van der Waals surface area contributed by atoms with Gasteiger partial charge in [-0.05, 0) is 12.1 Å². The first kappa shape index (κ1) is 12.8. The topological polar surface area (TPSA) is 31.4 Å². The van der Waals surface area contributed by atoms with Crippen molar-refractivity contribution in [2.45, 2.75) is 0 Å². The van der Waals surface area contributed by atoms with Gasteiger partial charge in [-0.25, -0.2) is 4.98 Å². The van der Waals surface area contributed by atoms with Gasteiger partial charge in [0.2, 0.25) is 0 Å². The fraction of sp³-hybridized carbons (Fsp3) is 0.500. The number of likely N-dealkylation sites (N-methyl/N-ethyl adjacent to an activating group) is 1. The molecular weight excluding hydrogens is 256 g/mol. The van der Waals surface area contributed by atoms with E-state index in [1.54, 1.807) is 11.3 Å². The summed E-state index contributed by atoms with van der Waals surface area (Å²) < 4.78 is 1.27. The van der Waals surface area contributed by atoms with Crippen molar-refractivity contribution in [1.29, 1.82) is 0 Å². The van der Waals surface area contributed by atoms with Crippen LogP contribution in [-0.4, -0.2) is 56.2 Å². The van der Waals surface area contributed by atoms with Gasteiger partial charge in [0.1, 0.15) is 0 Å². The number of piperazine rings is 1. The van der Waals surface area contributed by atoms with Gasteiger partial charge in [0, 0.05) is 46.3 Å². The van der Waals surface area contributed by atoms with Crippen molar-refractivity contribution in [2.24, 2.45) is 0 Å². The minimum absolute atomic E-state index is 1.04. The van der Waals surface area contributed by atoms with Crippen molar-refractivity contribution < 1.29 is 0 Å². The van der Waals surface area contributed by atoms with E-state index in [0.29, 0.717) is 0 Å². The maximum atomic E-state index is 4.69. The van der Waals surface area contributed by atoms with Gasteiger partial charge >= 0.3 is 0 Å². The summed E-state index contributed by atoms with van der Waals surface area (Å²) >= 11 is 1.78. The number of fused-ring (bicyclic) bond motifs is 1. The Hall–Kier alpha value is -1.17. The van der Waals surface area contributed by atoms with E-state index >= 15 is 0 Å². The van der Waals surface area contributed by atoms with Gasteiger partial charge < -0.3 is 10.2 Å². The number of nitrogens with one attached hydrogen (secondary N) is 1. The molecule has 0 amide bonds. The highest BCUT2D eigenvalue weighted by Crippen LogP contribution is 2.27. The summed E-state index contributed by atoms with van der Waals surface area (Å²) in [4.78, 5) is 9.47. The van der Waals surface area contributed by atoms with E-state index in [1.807, 2.05) is 6.07 Å². The molecule has 19 heavy (non-hydrogen) atoms. The lowest BCUT2D eigenvalue weighted by Crippen LogP contribution is -2.45. The first-order chi connectivity index (χ1) is 9.33. The highest BCUT2D eigenvalue weighted by molar-refractivity contribution is 7.22. The average molecular weight is 276 g/mol. The number of hydrogen-bond acceptors (Lipinski definition) is 5. The van der Waals surface area contributed by atoms with E-state index in [2.05, 4.69) is 45.3 Å². The molecule has 0 unspecified atom stereocenters. The van der Waals surface area contributed by atoms with Crippen LogP contribution in [0.15, 0.2) is 24.3 Å². The van der Waals surface area contributed by atoms with Gasteiger partial charge in [-0.2, -0.15) is 0 Å². The van der Waals surface area contributed by atoms with Crippen molar-refractivity contribution in [3.05, 3.63) is 24.3 Å². The summed E-state index contributed by atoms with van der Waals surface area (Å²) in [7, 11) is 2.14. The van der Waals surface area contributed by atoms with Gasteiger partial charge in [-0.1, -0.05) is 23.5 Å². The van der Waals surface area contributed by atoms with E-state index in [0.717, 1.165) is 49.9 Å². The van der Waals surface area contributed by atoms with E-state index in [-0.39, 0.29) is 0 Å². The van der Waals surface area contributed by atoms with Gasteiger partial charge in [0.25, 0.3) is 0 Å². The minimum Gasteiger partial charge on any atom is -0.350 e. The fourth-order valence-electron chi connectivity index (χ4n) is 2.35. The number of benzene rings is 1. The Morgan fingerprint density at radius 1 is 1.32 bits per heavy atom. The zero-order valence-corrected chi connectivity index (χ0v) is 12.1. The van der Waals surface area contributed by atoms with Gasteiger partial charge in [0.05, 0.1) is 10.2 Å². The normalized spacial score (nSPS) is 16.9. The van der Waals surface area contributed by atoms with Crippen LogP contribution in [0.1, 0.15) is 0 Å². The van der Waals surface area contributed by atoms with Gasteiger partial charge in [-0.15, -0.1) is 0 Å². The summed E-state index contributed by atoms with van der Waals surface area (Å²) in [6, 6.07) is 8.34. The molecule has 1 aliphatic rings. The molecule has 3 rings (SSSR count). The summed E-state index contributed by atoms with van der Waals surface area (Å²) in [5, 5.41) is 4.51. The number of thiazole rings is 1. The van der Waals surface area contributed by atoms with E-state index < -0.39 is 0 Å². The van der Waals surface area contributed by atoms with Crippen LogP contribution in [0.25, 0.3) is 10.2 Å². The predicted octanol–water partition coefficient (Wildman–Crippen LogP) is 1.64. The molecule has 1 aliphatic heterocycles. The Bertz CT molecular complexity index is 500. The number of hydrogen-bond donors (Lipinski definition) is 1. The molecule has 0 spiro atoms. The molecule has 1 fully saturated rings. The molecule has 2 aromatic rings. The Labute approximate surface area is 118 Å². The van der Waals surface area contributed by atoms with Gasteiger partial charge in [-0.3, -0.25) is 4.90 Å². The quantitative estimate of drug-likeness (QED) is 0.920. The van der Waals surface area contributed by atoms with Crippen LogP contribution in [0.3, 0.4) is 0 Å². The number of rotatable bonds is 4. The molecule has 1 aromatic carbocycles. The smallest absolute Gasteiger partial charge is 0.186 e. The lowest BCUT2D eigenvalue weighted by Gasteiger charge is -2.28. The van der Waals surface area contributed by atoms with Crippen LogP contribution in [0.2, 0.25) is 0 Å². The zero-order valence-electron chi connectivity index (χ0n) is 11.3. The van der Waals surface area contributed by atoms with Crippen LogP contribution < -0.4 is 10.2 Å². The number of nitrogens with zero attached hydrogens (tertiary/aromatic N) is 3. The van der Waals surface area contributed by atoms with Crippen molar-refractivity contribution in [3.63, 3.8) is 0 Å². The molecule has 4 nitrogen and oxygen atoms in total. The van der Waals surface area contributed by atoms with Crippen LogP contribution in [0, 0.1) is 0 Å². The molecule has 0 saturated carbocycles. The average Bonchev–Trinajstić information content (AvgIpc) is 2.90. The lowest BCUT2D eigenvalue weighted by molar-refractivity contribution is 0.246. The second-order valence-electron chi connectivity index (χ2n) is 4.98. The largest absolute Gasteiger partial charge is 0.350 e. The SMILES string of the molecule is CN(CCN1CCNCC1)c1nc2ccccc2s1. The third-order valence-electron chi connectivity index (χ3n) is 3.57. The Kier molecular flexibility index (Phi) is 3.96. The number of para-hydroxylation sites is 1. The lowest BCUT2D eigenvalue weighted by atomic mass is 10.3. The predicted molar refractivity (Wildman–Crippen MR) is 82.2 cm³/mol. The van der Waals surface area contributed by atoms with Crippen molar-refractivity contribution in [3.8, 4) is 0 Å². The maximum absolute atomic E-state index is 4.69. The van der Waals surface area contributed by atoms with E-state index in [4.69, 9.17) is 0 Å². The number of aromatic nitrogens is 1. The molecule has 1 saturated heterocycles. The van der Waals surface area contributed by atoms with Crippen LogP contribution in [-0.2, 0) is 0 Å². The Morgan fingerprint density at radius 3 is 2.89 bits per heavy atom. The van der Waals surface area contributed by atoms with E-state index in [1.165, 1.54) is 4.70 Å². The van der Waals surface area contributed by atoms with Crippen LogP contribution in [0.5, 0.6) is 0 Å². The molecule has 0 aliphatic carbocycles. The highest BCUT2D eigenvalue weighted by atomic mass is 32.1. The summed E-state index contributed by atoms with van der Waals surface area (Å²) in [6.45, 7) is 6.71.